The van der Waals surface area contributed by atoms with Gasteiger partial charge in [0.05, 0.1) is 0 Å². The van der Waals surface area contributed by atoms with E-state index in [0.29, 0.717) is 11.1 Å². The van der Waals surface area contributed by atoms with Crippen molar-refractivity contribution in [3.05, 3.63) is 71.5 Å². The van der Waals surface area contributed by atoms with Crippen LogP contribution in [-0.2, 0) is 16.0 Å². The Balaban J connectivity index is 2.18. The second-order valence-electron chi connectivity index (χ2n) is 6.09. The van der Waals surface area contributed by atoms with E-state index in [1.807, 2.05) is 0 Å². The molecule has 0 aromatic heterocycles. The van der Waals surface area contributed by atoms with E-state index < -0.39 is 29.7 Å². The molecule has 2 atom stereocenters. The van der Waals surface area contributed by atoms with Crippen molar-refractivity contribution < 1.29 is 23.9 Å². The molecule has 0 aliphatic carbocycles. The average Bonchev–Trinajstić information content (AvgIpc) is 2.61. The van der Waals surface area contributed by atoms with E-state index in [1.54, 1.807) is 36.4 Å². The first-order valence-corrected chi connectivity index (χ1v) is 8.22. The lowest BCUT2D eigenvalue weighted by atomic mass is 9.91. The van der Waals surface area contributed by atoms with Gasteiger partial charge in [0.2, 0.25) is 5.91 Å². The lowest BCUT2D eigenvalue weighted by molar-refractivity contribution is -0.141. The van der Waals surface area contributed by atoms with Crippen molar-refractivity contribution in [3.8, 4) is 0 Å². The van der Waals surface area contributed by atoms with E-state index in [2.05, 4.69) is 5.32 Å². The normalized spacial score (nSPS) is 12.8. The number of rotatable bonds is 8. The number of carboxylic acids is 1. The fourth-order valence-corrected chi connectivity index (χ4v) is 2.56. The molecular weight excluding hydrogens is 337 g/mol. The summed E-state index contributed by atoms with van der Waals surface area (Å²) in [7, 11) is 0. The summed E-state index contributed by atoms with van der Waals surface area (Å²) in [5.74, 6) is -3.18. The highest BCUT2D eigenvalue weighted by Gasteiger charge is 2.26. The summed E-state index contributed by atoms with van der Waals surface area (Å²) in [6.45, 7) is 1.35. The lowest BCUT2D eigenvalue weighted by Gasteiger charge is -2.18. The molecule has 2 aromatic carbocycles. The minimum absolute atomic E-state index is 0.0985. The summed E-state index contributed by atoms with van der Waals surface area (Å²) in [6.07, 6.45) is 0.0349. The van der Waals surface area contributed by atoms with Crippen LogP contribution in [0.15, 0.2) is 54.6 Å². The van der Waals surface area contributed by atoms with E-state index in [9.17, 15) is 18.8 Å². The molecule has 0 radical (unpaired) electrons. The number of carbonyl (C=O) groups is 3. The minimum atomic E-state index is -1.17. The van der Waals surface area contributed by atoms with Crippen LogP contribution in [0, 0.1) is 11.7 Å². The summed E-state index contributed by atoms with van der Waals surface area (Å²) in [6, 6.07) is 13.2. The van der Waals surface area contributed by atoms with Gasteiger partial charge in [0.1, 0.15) is 11.9 Å². The zero-order valence-corrected chi connectivity index (χ0v) is 14.3. The number of hydrogen-bond acceptors (Lipinski definition) is 3. The number of carboxylic acid groups (broad SMARTS) is 1. The Morgan fingerprint density at radius 2 is 1.77 bits per heavy atom. The second kappa shape index (κ2) is 8.89. The first-order valence-electron chi connectivity index (χ1n) is 8.22. The van der Waals surface area contributed by atoms with Crippen LogP contribution >= 0.6 is 0 Å². The molecule has 0 aliphatic rings. The topological polar surface area (TPSA) is 83.5 Å². The Morgan fingerprint density at radius 1 is 1.08 bits per heavy atom. The highest BCUT2D eigenvalue weighted by molar-refractivity contribution is 5.99. The number of hydrogen-bond donors (Lipinski definition) is 2. The van der Waals surface area contributed by atoms with Gasteiger partial charge in [-0.3, -0.25) is 14.4 Å². The molecule has 2 N–H and O–H groups in total. The van der Waals surface area contributed by atoms with Gasteiger partial charge in [0, 0.05) is 17.9 Å². The van der Waals surface area contributed by atoms with Gasteiger partial charge in [-0.2, -0.15) is 0 Å². The number of Topliss-reactive ketones (excluding diaryl/α,β-unsaturated/α-hetero) is 1. The molecule has 26 heavy (non-hydrogen) atoms. The molecule has 0 aliphatic heterocycles. The van der Waals surface area contributed by atoms with E-state index in [-0.39, 0.29) is 18.6 Å². The molecule has 2 aromatic rings. The zero-order valence-electron chi connectivity index (χ0n) is 14.3. The molecule has 2 rings (SSSR count). The van der Waals surface area contributed by atoms with Gasteiger partial charge in [0.15, 0.2) is 5.78 Å². The van der Waals surface area contributed by atoms with Crippen LogP contribution in [0.4, 0.5) is 4.39 Å². The third-order valence-corrected chi connectivity index (χ3v) is 4.00. The maximum Gasteiger partial charge on any atom is 0.325 e. The number of ketones is 1. The highest BCUT2D eigenvalue weighted by Crippen LogP contribution is 2.17. The van der Waals surface area contributed by atoms with E-state index in [0.717, 1.165) is 0 Å². The van der Waals surface area contributed by atoms with Gasteiger partial charge in [-0.1, -0.05) is 42.5 Å². The first kappa shape index (κ1) is 19.3. The quantitative estimate of drug-likeness (QED) is 0.712. The molecular formula is C20H20FNO4. The summed E-state index contributed by atoms with van der Waals surface area (Å²) in [4.78, 5) is 35.9. The van der Waals surface area contributed by atoms with Crippen LogP contribution < -0.4 is 5.32 Å². The van der Waals surface area contributed by atoms with Crippen molar-refractivity contribution in [2.75, 3.05) is 0 Å². The maximum absolute atomic E-state index is 13.4. The predicted molar refractivity (Wildman–Crippen MR) is 94.2 cm³/mol. The molecule has 136 valence electrons. The van der Waals surface area contributed by atoms with Crippen LogP contribution in [0.1, 0.15) is 29.3 Å². The molecule has 0 bridgehead atoms. The molecule has 0 heterocycles. The highest BCUT2D eigenvalue weighted by atomic mass is 19.1. The Bertz CT molecular complexity index is 791. The summed E-state index contributed by atoms with van der Waals surface area (Å²) in [5, 5.41) is 11.4. The SMILES string of the molecule is C[C@H](NC(=O)[C@H](CC(=O)c1ccccc1)Cc1cccc(F)c1)C(=O)O. The fraction of sp³-hybridized carbons (Fsp3) is 0.250. The average molecular weight is 357 g/mol. The number of nitrogens with one attached hydrogen (secondary N) is 1. The standard InChI is InChI=1S/C20H20FNO4/c1-13(20(25)26)22-19(24)16(10-14-6-5-9-17(21)11-14)12-18(23)15-7-3-2-4-8-15/h2-9,11,13,16H,10,12H2,1H3,(H,22,24)(H,25,26)/t13-,16-/m0/s1. The maximum atomic E-state index is 13.4. The monoisotopic (exact) mass is 357 g/mol. The number of aliphatic carboxylic acids is 1. The second-order valence-corrected chi connectivity index (χ2v) is 6.09. The van der Waals surface area contributed by atoms with Crippen molar-refractivity contribution in [1.82, 2.24) is 5.32 Å². The summed E-state index contributed by atoms with van der Waals surface area (Å²) in [5.41, 5.74) is 1.03. The molecule has 0 saturated carbocycles. The largest absolute Gasteiger partial charge is 0.480 e. The van der Waals surface area contributed by atoms with Gasteiger partial charge in [-0.25, -0.2) is 4.39 Å². The van der Waals surface area contributed by atoms with E-state index in [1.165, 1.54) is 25.1 Å². The molecule has 0 fully saturated rings. The van der Waals surface area contributed by atoms with Gasteiger partial charge < -0.3 is 10.4 Å². The van der Waals surface area contributed by atoms with Crippen molar-refractivity contribution in [3.63, 3.8) is 0 Å². The van der Waals surface area contributed by atoms with Crippen LogP contribution in [0.2, 0.25) is 0 Å². The first-order chi connectivity index (χ1) is 12.4. The Labute approximate surface area is 150 Å². The van der Waals surface area contributed by atoms with Crippen LogP contribution in [0.5, 0.6) is 0 Å². The molecule has 0 unspecified atom stereocenters. The third kappa shape index (κ3) is 5.51. The summed E-state index contributed by atoms with van der Waals surface area (Å²) < 4.78 is 13.4. The van der Waals surface area contributed by atoms with Gasteiger partial charge in [0.25, 0.3) is 0 Å². The number of amides is 1. The van der Waals surface area contributed by atoms with Crippen LogP contribution in [-0.4, -0.2) is 28.8 Å². The van der Waals surface area contributed by atoms with Crippen LogP contribution in [0.3, 0.4) is 0 Å². The lowest BCUT2D eigenvalue weighted by Crippen LogP contribution is -2.42. The van der Waals surface area contributed by atoms with Gasteiger partial charge in [-0.15, -0.1) is 0 Å². The number of benzene rings is 2. The molecule has 0 saturated heterocycles. The molecule has 5 nitrogen and oxygen atoms in total. The third-order valence-electron chi connectivity index (χ3n) is 4.00. The Hall–Kier alpha value is -3.02. The smallest absolute Gasteiger partial charge is 0.325 e. The van der Waals surface area contributed by atoms with Crippen molar-refractivity contribution in [1.29, 1.82) is 0 Å². The van der Waals surface area contributed by atoms with Gasteiger partial charge in [-0.05, 0) is 31.0 Å². The number of halogens is 1. The van der Waals surface area contributed by atoms with Crippen molar-refractivity contribution in [2.45, 2.75) is 25.8 Å². The van der Waals surface area contributed by atoms with Crippen molar-refractivity contribution in [2.24, 2.45) is 5.92 Å². The van der Waals surface area contributed by atoms with E-state index in [4.69, 9.17) is 5.11 Å². The number of carbonyl (C=O) groups excluding carboxylic acids is 2. The Morgan fingerprint density at radius 3 is 2.38 bits per heavy atom. The minimum Gasteiger partial charge on any atom is -0.480 e. The Kier molecular flexibility index (Phi) is 6.60. The zero-order chi connectivity index (χ0) is 19.1. The molecule has 6 heteroatoms. The van der Waals surface area contributed by atoms with Gasteiger partial charge >= 0.3 is 5.97 Å². The summed E-state index contributed by atoms with van der Waals surface area (Å²) >= 11 is 0. The van der Waals surface area contributed by atoms with Crippen molar-refractivity contribution >= 4 is 17.7 Å². The molecule has 0 spiro atoms. The van der Waals surface area contributed by atoms with E-state index >= 15 is 0 Å². The van der Waals surface area contributed by atoms with Crippen LogP contribution in [0.25, 0.3) is 0 Å². The molecule has 1 amide bonds. The predicted octanol–water partition coefficient (Wildman–Crippen LogP) is 2.85. The fourth-order valence-electron chi connectivity index (χ4n) is 2.56.